The molecule has 0 fully saturated rings. The molecule has 0 aliphatic carbocycles. The fourth-order valence-electron chi connectivity index (χ4n) is 2.18. The molecule has 3 aromatic carbocycles. The molecule has 0 nitrogen and oxygen atoms in total. The van der Waals surface area contributed by atoms with E-state index in [4.69, 9.17) is 0 Å². The van der Waals surface area contributed by atoms with Crippen LogP contribution < -0.4 is 43.8 Å². The van der Waals surface area contributed by atoms with E-state index in [0.29, 0.717) is 0 Å². The summed E-state index contributed by atoms with van der Waals surface area (Å²) in [5.41, 5.74) is 0. The quantitative estimate of drug-likeness (QED) is 0.271. The molecule has 0 aliphatic heterocycles. The second kappa shape index (κ2) is 9.51. The SMILES string of the molecule is [Br-].[Br-].c1cc[c]([Bi+2]([c]2ccccc2)[c]2ccccc2)cc1. The van der Waals surface area contributed by atoms with Crippen LogP contribution in [-0.2, 0) is 0 Å². The number of hydrogen-bond donors (Lipinski definition) is 0. The van der Waals surface area contributed by atoms with E-state index >= 15 is 0 Å². The molecule has 0 unspecified atom stereocenters. The predicted molar refractivity (Wildman–Crippen MR) is 84.0 cm³/mol. The molecule has 0 saturated carbocycles. The molecular formula is C18H15BiBr2. The van der Waals surface area contributed by atoms with Crippen LogP contribution >= 0.6 is 0 Å². The zero-order chi connectivity index (χ0) is 12.9. The normalized spacial score (nSPS) is 9.14. The molecule has 0 atom stereocenters. The van der Waals surface area contributed by atoms with Crippen LogP contribution in [0.25, 0.3) is 0 Å². The Morgan fingerprint density at radius 1 is 0.381 bits per heavy atom. The van der Waals surface area contributed by atoms with Crippen LogP contribution in [0.3, 0.4) is 0 Å². The van der Waals surface area contributed by atoms with Crippen molar-refractivity contribution in [2.75, 3.05) is 0 Å². The fraction of sp³-hybridized carbons (Fsp3) is 0. The molecule has 3 aromatic rings. The summed E-state index contributed by atoms with van der Waals surface area (Å²) in [6.07, 6.45) is 0. The van der Waals surface area contributed by atoms with Gasteiger partial charge in [0.25, 0.3) is 0 Å². The first-order valence-electron chi connectivity index (χ1n) is 6.40. The Hall–Kier alpha value is -0.497. The maximum atomic E-state index is 2.29. The molecule has 3 rings (SSSR count). The van der Waals surface area contributed by atoms with Gasteiger partial charge in [-0.1, -0.05) is 0 Å². The van der Waals surface area contributed by atoms with Gasteiger partial charge in [-0.15, -0.1) is 0 Å². The van der Waals surface area contributed by atoms with Crippen LogP contribution in [0, 0.1) is 0 Å². The van der Waals surface area contributed by atoms with Crippen LogP contribution in [0.1, 0.15) is 0 Å². The monoisotopic (exact) mass is 598 g/mol. The molecule has 0 bridgehead atoms. The fourth-order valence-corrected chi connectivity index (χ4v) is 11.1. The summed E-state index contributed by atoms with van der Waals surface area (Å²) >= 11 is -2.06. The van der Waals surface area contributed by atoms with Crippen molar-refractivity contribution in [2.45, 2.75) is 0 Å². The van der Waals surface area contributed by atoms with Crippen molar-refractivity contribution in [2.24, 2.45) is 0 Å². The van der Waals surface area contributed by atoms with Gasteiger partial charge in [0, 0.05) is 0 Å². The first-order valence-corrected chi connectivity index (χ1v) is 11.6. The van der Waals surface area contributed by atoms with Gasteiger partial charge in [-0.3, -0.25) is 0 Å². The first-order chi connectivity index (χ1) is 9.45. The maximum absolute atomic E-state index is 2.29. The topological polar surface area (TPSA) is 0 Å². The summed E-state index contributed by atoms with van der Waals surface area (Å²) in [5.74, 6) is 0. The van der Waals surface area contributed by atoms with Crippen molar-refractivity contribution in [3.63, 3.8) is 0 Å². The van der Waals surface area contributed by atoms with E-state index in [1.807, 2.05) is 0 Å². The van der Waals surface area contributed by atoms with Gasteiger partial charge in [-0.2, -0.15) is 0 Å². The number of halogens is 2. The average Bonchev–Trinajstić information content (AvgIpc) is 2.51. The molecule has 0 aromatic heterocycles. The van der Waals surface area contributed by atoms with Crippen LogP contribution in [0.15, 0.2) is 91.0 Å². The van der Waals surface area contributed by atoms with Crippen LogP contribution in [-0.4, -0.2) is 21.8 Å². The van der Waals surface area contributed by atoms with Crippen molar-refractivity contribution < 1.29 is 34.0 Å². The molecule has 0 saturated heterocycles. The van der Waals surface area contributed by atoms with E-state index in [1.165, 1.54) is 9.81 Å². The van der Waals surface area contributed by atoms with E-state index in [-0.39, 0.29) is 34.0 Å². The summed E-state index contributed by atoms with van der Waals surface area (Å²) in [5, 5.41) is 0. The first kappa shape index (κ1) is 18.6. The van der Waals surface area contributed by atoms with Crippen molar-refractivity contribution in [1.29, 1.82) is 0 Å². The van der Waals surface area contributed by atoms with E-state index < -0.39 is 21.8 Å². The minimum absolute atomic E-state index is 0. The van der Waals surface area contributed by atoms with Crippen molar-refractivity contribution >= 4 is 31.6 Å². The second-order valence-corrected chi connectivity index (χ2v) is 13.0. The third kappa shape index (κ3) is 4.74. The molecule has 0 heterocycles. The average molecular weight is 600 g/mol. The number of rotatable bonds is 3. The summed E-state index contributed by atoms with van der Waals surface area (Å²) in [4.78, 5) is 0. The zero-order valence-electron chi connectivity index (χ0n) is 11.4. The molecule has 0 amide bonds. The van der Waals surface area contributed by atoms with Gasteiger partial charge in [0.15, 0.2) is 0 Å². The van der Waals surface area contributed by atoms with E-state index in [2.05, 4.69) is 91.0 Å². The van der Waals surface area contributed by atoms with Crippen molar-refractivity contribution in [1.82, 2.24) is 0 Å². The van der Waals surface area contributed by atoms with Gasteiger partial charge < -0.3 is 34.0 Å². The van der Waals surface area contributed by atoms with Crippen LogP contribution in [0.4, 0.5) is 0 Å². The predicted octanol–water partition coefficient (Wildman–Crippen LogP) is -3.79. The standard InChI is InChI=1S/3C6H5.Bi.2BrH/c3*1-2-4-6-5-3-1;;;/h3*1-5H;;2*1H/q;;;+2;;/p-2. The molecule has 3 heteroatoms. The third-order valence-electron chi connectivity index (χ3n) is 3.04. The van der Waals surface area contributed by atoms with E-state index in [1.54, 1.807) is 0 Å². The third-order valence-corrected chi connectivity index (χ3v) is 12.5. The number of benzene rings is 3. The Bertz CT molecular complexity index is 533. The molecule has 0 aliphatic rings. The molecule has 106 valence electrons. The van der Waals surface area contributed by atoms with E-state index in [0.717, 1.165) is 0 Å². The van der Waals surface area contributed by atoms with Crippen molar-refractivity contribution in [3.05, 3.63) is 91.0 Å². The Kier molecular flexibility index (Phi) is 8.40. The van der Waals surface area contributed by atoms with Gasteiger partial charge in [0.05, 0.1) is 0 Å². The summed E-state index contributed by atoms with van der Waals surface area (Å²) in [6.45, 7) is 0. The number of hydrogen-bond acceptors (Lipinski definition) is 0. The summed E-state index contributed by atoms with van der Waals surface area (Å²) in [6, 6.07) is 33.0. The van der Waals surface area contributed by atoms with Gasteiger partial charge in [-0.25, -0.2) is 0 Å². The van der Waals surface area contributed by atoms with Gasteiger partial charge in [0.1, 0.15) is 0 Å². The van der Waals surface area contributed by atoms with Crippen molar-refractivity contribution in [3.8, 4) is 0 Å². The van der Waals surface area contributed by atoms with Gasteiger partial charge >= 0.3 is 123 Å². The molecular weight excluding hydrogens is 585 g/mol. The summed E-state index contributed by atoms with van der Waals surface area (Å²) < 4.78 is 4.61. The Balaban J connectivity index is 0.00000110. The van der Waals surface area contributed by atoms with Gasteiger partial charge in [0.2, 0.25) is 0 Å². The Labute approximate surface area is 155 Å². The Morgan fingerprint density at radius 3 is 0.857 bits per heavy atom. The molecule has 0 N–H and O–H groups in total. The van der Waals surface area contributed by atoms with Crippen LogP contribution in [0.5, 0.6) is 0 Å². The van der Waals surface area contributed by atoms with Crippen LogP contribution in [0.2, 0.25) is 0 Å². The zero-order valence-corrected chi connectivity index (χ0v) is 18.0. The molecule has 21 heavy (non-hydrogen) atoms. The van der Waals surface area contributed by atoms with Gasteiger partial charge in [-0.05, 0) is 0 Å². The Morgan fingerprint density at radius 2 is 0.619 bits per heavy atom. The molecule has 0 spiro atoms. The molecule has 0 radical (unpaired) electrons. The van der Waals surface area contributed by atoms with E-state index in [9.17, 15) is 0 Å². The minimum atomic E-state index is -2.06. The summed E-state index contributed by atoms with van der Waals surface area (Å²) in [7, 11) is 0. The second-order valence-electron chi connectivity index (χ2n) is 4.34.